The van der Waals surface area contributed by atoms with Crippen molar-refractivity contribution in [2.24, 2.45) is 0 Å². The summed E-state index contributed by atoms with van der Waals surface area (Å²) in [5, 5.41) is 0.857. The minimum Gasteiger partial charge on any atom is -0.440 e. The summed E-state index contributed by atoms with van der Waals surface area (Å²) < 4.78 is 7.04. The van der Waals surface area contributed by atoms with E-state index < -0.39 is 0 Å². The summed E-state index contributed by atoms with van der Waals surface area (Å²) in [5.41, 5.74) is 2.70. The summed E-state index contributed by atoms with van der Waals surface area (Å²) in [6.45, 7) is 1.43. The summed E-state index contributed by atoms with van der Waals surface area (Å²) in [4.78, 5) is 23.6. The van der Waals surface area contributed by atoms with Gasteiger partial charge < -0.3 is 9.32 Å². The number of para-hydroxylation sites is 3. The predicted octanol–water partition coefficient (Wildman–Crippen LogP) is 4.86. The Balaban J connectivity index is 1.22. The minimum atomic E-state index is 0.0373. The highest BCUT2D eigenvalue weighted by Crippen LogP contribution is 2.30. The Labute approximate surface area is 166 Å². The van der Waals surface area contributed by atoms with E-state index in [0.717, 1.165) is 45.1 Å². The number of likely N-dealkylation sites (tertiary alicyclic amines) is 1. The average molecular weight is 389 g/mol. The van der Waals surface area contributed by atoms with Gasteiger partial charge in [-0.25, -0.2) is 9.97 Å². The molecule has 0 unspecified atom stereocenters. The molecule has 0 N–H and O–H groups in total. The maximum Gasteiger partial charge on any atom is 0.246 e. The fourth-order valence-corrected chi connectivity index (χ4v) is 4.49. The molecule has 5 rings (SSSR count). The lowest BCUT2D eigenvalue weighted by molar-refractivity contribution is -0.127. The van der Waals surface area contributed by atoms with Gasteiger partial charge in [0.2, 0.25) is 5.91 Å². The molecule has 2 aromatic carbocycles. The van der Waals surface area contributed by atoms with E-state index in [1.54, 1.807) is 17.4 Å². The van der Waals surface area contributed by atoms with Gasteiger partial charge in [0, 0.05) is 25.1 Å². The quantitative estimate of drug-likeness (QED) is 0.470. The fourth-order valence-electron chi connectivity index (χ4n) is 3.62. The second-order valence-electron chi connectivity index (χ2n) is 6.97. The molecule has 1 aliphatic heterocycles. The summed E-state index contributed by atoms with van der Waals surface area (Å²) in [7, 11) is 0. The number of aromatic nitrogens is 2. The number of fused-ring (bicyclic) bond motifs is 2. The Kier molecular flexibility index (Phi) is 4.41. The van der Waals surface area contributed by atoms with Gasteiger partial charge in [-0.1, -0.05) is 24.3 Å². The van der Waals surface area contributed by atoms with E-state index >= 15 is 0 Å². The van der Waals surface area contributed by atoms with Gasteiger partial charge in [0.25, 0.3) is 0 Å². The highest BCUT2D eigenvalue weighted by Gasteiger charge is 2.26. The van der Waals surface area contributed by atoms with Crippen molar-refractivity contribution in [3.63, 3.8) is 0 Å². The lowest BCUT2D eigenvalue weighted by Gasteiger charge is -2.29. The van der Waals surface area contributed by atoms with Crippen molar-refractivity contribution in [1.29, 1.82) is 0 Å². The standard InChI is InChI=1S/C22H19N3O2S/c26-21(10-9-20-23-17-6-2-4-8-19(17)28-20)25-13-11-15(12-14-25)22-24-16-5-1-3-7-18(16)27-22/h1-10,15H,11-14H2/b10-9+. The van der Waals surface area contributed by atoms with Gasteiger partial charge in [-0.15, -0.1) is 11.3 Å². The molecule has 0 aliphatic carbocycles. The molecule has 0 bridgehead atoms. The third kappa shape index (κ3) is 3.31. The van der Waals surface area contributed by atoms with Crippen LogP contribution in [0, 0.1) is 0 Å². The average Bonchev–Trinajstić information content (AvgIpc) is 3.35. The lowest BCUT2D eigenvalue weighted by Crippen LogP contribution is -2.36. The number of amides is 1. The number of hydrogen-bond donors (Lipinski definition) is 0. The first-order valence-electron chi connectivity index (χ1n) is 9.44. The summed E-state index contributed by atoms with van der Waals surface area (Å²) >= 11 is 1.60. The number of rotatable bonds is 3. The SMILES string of the molecule is O=C(/C=C/c1nc2ccccc2s1)N1CCC(c2nc3ccccc3o2)CC1. The van der Waals surface area contributed by atoms with Crippen LogP contribution < -0.4 is 0 Å². The zero-order valence-electron chi connectivity index (χ0n) is 15.2. The number of thiazole rings is 1. The number of carbonyl (C=O) groups is 1. The highest BCUT2D eigenvalue weighted by molar-refractivity contribution is 7.19. The van der Waals surface area contributed by atoms with Gasteiger partial charge in [-0.3, -0.25) is 4.79 Å². The molecule has 0 radical (unpaired) electrons. The third-order valence-corrected chi connectivity index (χ3v) is 6.15. The molecular formula is C22H19N3O2S. The normalized spacial score (nSPS) is 15.8. The van der Waals surface area contributed by atoms with Crippen LogP contribution in [0.2, 0.25) is 0 Å². The molecule has 2 aromatic heterocycles. The molecule has 0 saturated carbocycles. The van der Waals surface area contributed by atoms with Gasteiger partial charge in [0.05, 0.1) is 10.2 Å². The van der Waals surface area contributed by atoms with E-state index in [0.29, 0.717) is 13.1 Å². The third-order valence-electron chi connectivity index (χ3n) is 5.15. The highest BCUT2D eigenvalue weighted by atomic mass is 32.1. The van der Waals surface area contributed by atoms with Crippen molar-refractivity contribution >= 4 is 44.6 Å². The number of nitrogens with zero attached hydrogens (tertiary/aromatic N) is 3. The van der Waals surface area contributed by atoms with E-state index in [-0.39, 0.29) is 11.8 Å². The summed E-state index contributed by atoms with van der Waals surface area (Å²) in [6.07, 6.45) is 5.19. The fraction of sp³-hybridized carbons (Fsp3) is 0.227. The lowest BCUT2D eigenvalue weighted by atomic mass is 9.97. The van der Waals surface area contributed by atoms with Crippen LogP contribution in [-0.4, -0.2) is 33.9 Å². The molecule has 1 amide bonds. The van der Waals surface area contributed by atoms with E-state index in [1.165, 1.54) is 0 Å². The maximum absolute atomic E-state index is 12.5. The molecular weight excluding hydrogens is 370 g/mol. The Morgan fingerprint density at radius 3 is 2.57 bits per heavy atom. The number of benzene rings is 2. The zero-order chi connectivity index (χ0) is 18.9. The van der Waals surface area contributed by atoms with Crippen LogP contribution in [0.1, 0.15) is 29.7 Å². The van der Waals surface area contributed by atoms with Gasteiger partial charge in [0.15, 0.2) is 11.5 Å². The van der Waals surface area contributed by atoms with E-state index in [1.807, 2.05) is 59.5 Å². The van der Waals surface area contributed by atoms with Gasteiger partial charge in [-0.05, 0) is 43.2 Å². The summed E-state index contributed by atoms with van der Waals surface area (Å²) in [5.74, 6) is 1.10. The van der Waals surface area contributed by atoms with Crippen molar-refractivity contribution in [1.82, 2.24) is 14.9 Å². The number of piperidine rings is 1. The molecule has 1 saturated heterocycles. The first-order chi connectivity index (χ1) is 13.8. The topological polar surface area (TPSA) is 59.2 Å². The number of hydrogen-bond acceptors (Lipinski definition) is 5. The minimum absolute atomic E-state index is 0.0373. The van der Waals surface area contributed by atoms with E-state index in [9.17, 15) is 4.79 Å². The van der Waals surface area contributed by atoms with Crippen LogP contribution in [0.4, 0.5) is 0 Å². The van der Waals surface area contributed by atoms with Gasteiger partial charge in [0.1, 0.15) is 10.5 Å². The molecule has 4 aromatic rings. The van der Waals surface area contributed by atoms with Crippen molar-refractivity contribution in [2.45, 2.75) is 18.8 Å². The Morgan fingerprint density at radius 1 is 1.04 bits per heavy atom. The van der Waals surface area contributed by atoms with Gasteiger partial charge in [-0.2, -0.15) is 0 Å². The van der Waals surface area contributed by atoms with Crippen molar-refractivity contribution in [3.8, 4) is 0 Å². The Morgan fingerprint density at radius 2 is 1.79 bits per heavy atom. The van der Waals surface area contributed by atoms with Crippen molar-refractivity contribution in [3.05, 3.63) is 65.5 Å². The largest absolute Gasteiger partial charge is 0.440 e. The van der Waals surface area contributed by atoms with Crippen molar-refractivity contribution in [2.75, 3.05) is 13.1 Å². The van der Waals surface area contributed by atoms with Crippen LogP contribution in [0.15, 0.2) is 59.0 Å². The van der Waals surface area contributed by atoms with Crippen LogP contribution in [-0.2, 0) is 4.79 Å². The number of carbonyl (C=O) groups excluding carboxylic acids is 1. The molecule has 1 aliphatic rings. The van der Waals surface area contributed by atoms with Crippen LogP contribution in [0.3, 0.4) is 0 Å². The van der Waals surface area contributed by atoms with E-state index in [2.05, 4.69) is 9.97 Å². The zero-order valence-corrected chi connectivity index (χ0v) is 16.1. The summed E-state index contributed by atoms with van der Waals surface area (Å²) in [6, 6.07) is 15.8. The van der Waals surface area contributed by atoms with Crippen molar-refractivity contribution < 1.29 is 9.21 Å². The molecule has 140 valence electrons. The molecule has 28 heavy (non-hydrogen) atoms. The smallest absolute Gasteiger partial charge is 0.246 e. The maximum atomic E-state index is 12.5. The molecule has 3 heterocycles. The molecule has 6 heteroatoms. The Bertz CT molecular complexity index is 1100. The predicted molar refractivity (Wildman–Crippen MR) is 111 cm³/mol. The second kappa shape index (κ2) is 7.20. The second-order valence-corrected chi connectivity index (χ2v) is 8.03. The monoisotopic (exact) mass is 389 g/mol. The first kappa shape index (κ1) is 17.1. The Hall–Kier alpha value is -2.99. The van der Waals surface area contributed by atoms with Crippen LogP contribution in [0.25, 0.3) is 27.4 Å². The molecule has 5 nitrogen and oxygen atoms in total. The molecule has 0 atom stereocenters. The van der Waals surface area contributed by atoms with E-state index in [4.69, 9.17) is 4.42 Å². The van der Waals surface area contributed by atoms with Gasteiger partial charge >= 0.3 is 0 Å². The molecule has 0 spiro atoms. The molecule has 1 fully saturated rings. The first-order valence-corrected chi connectivity index (χ1v) is 10.3. The number of oxazole rings is 1. The van der Waals surface area contributed by atoms with Crippen LogP contribution >= 0.6 is 11.3 Å². The van der Waals surface area contributed by atoms with Crippen LogP contribution in [0.5, 0.6) is 0 Å².